The average Bonchev–Trinajstić information content (AvgIpc) is 2.59. The molecule has 0 unspecified atom stereocenters. The molecule has 5 nitrogen and oxygen atoms in total. The van der Waals surface area contributed by atoms with Gasteiger partial charge in [-0.2, -0.15) is 0 Å². The van der Waals surface area contributed by atoms with E-state index in [0.29, 0.717) is 28.9 Å². The second-order valence-electron chi connectivity index (χ2n) is 5.69. The Labute approximate surface area is 162 Å². The van der Waals surface area contributed by atoms with Crippen LogP contribution >= 0.6 is 23.2 Å². The van der Waals surface area contributed by atoms with Crippen LogP contribution in [0.25, 0.3) is 0 Å². The van der Waals surface area contributed by atoms with Crippen LogP contribution in [0.4, 0.5) is 5.69 Å². The van der Waals surface area contributed by atoms with Crippen molar-refractivity contribution in [3.05, 3.63) is 58.1 Å². The lowest BCUT2D eigenvalue weighted by Gasteiger charge is -2.23. The van der Waals surface area contributed by atoms with Crippen LogP contribution in [0.15, 0.2) is 42.5 Å². The summed E-state index contributed by atoms with van der Waals surface area (Å²) in [6.07, 6.45) is 0. The Hall–Kier alpha value is -2.24. The lowest BCUT2D eigenvalue weighted by Crippen LogP contribution is -2.39. The number of rotatable bonds is 7. The van der Waals surface area contributed by atoms with Crippen molar-refractivity contribution in [3.8, 4) is 5.75 Å². The largest absolute Gasteiger partial charge is 0.484 e. The third-order valence-corrected chi connectivity index (χ3v) is 4.16. The van der Waals surface area contributed by atoms with Gasteiger partial charge in [0.2, 0.25) is 5.91 Å². The van der Waals surface area contributed by atoms with Crippen LogP contribution in [-0.2, 0) is 9.59 Å². The van der Waals surface area contributed by atoms with Crippen LogP contribution in [0, 0.1) is 6.92 Å². The van der Waals surface area contributed by atoms with Gasteiger partial charge in [-0.05, 0) is 55.0 Å². The number of nitrogens with one attached hydrogen (secondary N) is 1. The molecule has 0 heterocycles. The smallest absolute Gasteiger partial charge is 0.258 e. The Morgan fingerprint density at radius 2 is 1.73 bits per heavy atom. The fourth-order valence-electron chi connectivity index (χ4n) is 2.41. The Kier molecular flexibility index (Phi) is 7.30. The Bertz CT molecular complexity index is 779. The zero-order chi connectivity index (χ0) is 19.1. The molecule has 1 N–H and O–H groups in total. The van der Waals surface area contributed by atoms with Gasteiger partial charge in [0, 0.05) is 35.7 Å². The van der Waals surface area contributed by atoms with Crippen molar-refractivity contribution in [2.45, 2.75) is 13.8 Å². The molecule has 0 spiro atoms. The lowest BCUT2D eigenvalue weighted by atomic mass is 10.2. The molecule has 2 aromatic rings. The standard InChI is InChI=1S/C19H20Cl2N2O3/c1-13-11-16(21)5-8-18(13)23(14(2)24)10-9-22-19(25)12-26-17-6-3-15(20)4-7-17/h3-8,11H,9-10,12H2,1-2H3,(H,22,25). The predicted octanol–water partition coefficient (Wildman–Crippen LogP) is 3.85. The molecule has 0 atom stereocenters. The number of halogens is 2. The molecule has 138 valence electrons. The molecule has 0 aromatic heterocycles. The van der Waals surface area contributed by atoms with E-state index in [1.807, 2.05) is 6.92 Å². The number of amides is 2. The van der Waals surface area contributed by atoms with E-state index in [2.05, 4.69) is 5.32 Å². The van der Waals surface area contributed by atoms with E-state index in [0.717, 1.165) is 11.3 Å². The van der Waals surface area contributed by atoms with Crippen molar-refractivity contribution in [3.63, 3.8) is 0 Å². The van der Waals surface area contributed by atoms with Crippen molar-refractivity contribution in [1.82, 2.24) is 5.32 Å². The summed E-state index contributed by atoms with van der Waals surface area (Å²) in [6.45, 7) is 3.92. The first-order valence-corrected chi connectivity index (χ1v) is 8.81. The van der Waals surface area contributed by atoms with Crippen molar-refractivity contribution in [2.75, 3.05) is 24.6 Å². The normalized spacial score (nSPS) is 10.3. The van der Waals surface area contributed by atoms with E-state index in [1.54, 1.807) is 47.4 Å². The zero-order valence-corrected chi connectivity index (χ0v) is 16.1. The molecule has 2 rings (SSSR count). The molecule has 2 amide bonds. The van der Waals surface area contributed by atoms with E-state index in [-0.39, 0.29) is 18.4 Å². The molecule has 0 bridgehead atoms. The molecule has 0 aliphatic heterocycles. The highest BCUT2D eigenvalue weighted by Gasteiger charge is 2.14. The molecule has 0 radical (unpaired) electrons. The minimum atomic E-state index is -0.267. The van der Waals surface area contributed by atoms with E-state index >= 15 is 0 Å². The first kappa shape index (κ1) is 20.1. The van der Waals surface area contributed by atoms with Gasteiger partial charge in [0.25, 0.3) is 5.91 Å². The van der Waals surface area contributed by atoms with Gasteiger partial charge in [-0.15, -0.1) is 0 Å². The molecule has 0 saturated carbocycles. The number of hydrogen-bond donors (Lipinski definition) is 1. The number of carbonyl (C=O) groups excluding carboxylic acids is 2. The average molecular weight is 395 g/mol. The fraction of sp³-hybridized carbons (Fsp3) is 0.263. The molecule has 2 aromatic carbocycles. The second-order valence-corrected chi connectivity index (χ2v) is 6.57. The van der Waals surface area contributed by atoms with E-state index in [4.69, 9.17) is 27.9 Å². The van der Waals surface area contributed by atoms with Gasteiger partial charge in [0.15, 0.2) is 6.61 Å². The maximum Gasteiger partial charge on any atom is 0.258 e. The van der Waals surface area contributed by atoms with E-state index in [1.165, 1.54) is 6.92 Å². The second kappa shape index (κ2) is 9.46. The summed E-state index contributed by atoms with van der Waals surface area (Å²) in [5, 5.41) is 3.95. The molecular weight excluding hydrogens is 375 g/mol. The number of hydrogen-bond acceptors (Lipinski definition) is 3. The van der Waals surface area contributed by atoms with Crippen molar-refractivity contribution < 1.29 is 14.3 Å². The summed E-state index contributed by atoms with van der Waals surface area (Å²) >= 11 is 11.8. The highest BCUT2D eigenvalue weighted by Crippen LogP contribution is 2.23. The first-order valence-electron chi connectivity index (χ1n) is 8.06. The molecule has 0 aliphatic rings. The summed E-state index contributed by atoms with van der Waals surface area (Å²) in [7, 11) is 0. The zero-order valence-electron chi connectivity index (χ0n) is 14.6. The third-order valence-electron chi connectivity index (χ3n) is 3.67. The number of aryl methyl sites for hydroxylation is 1. The molecule has 7 heteroatoms. The van der Waals surface area contributed by atoms with Crippen LogP contribution in [-0.4, -0.2) is 31.5 Å². The number of ether oxygens (including phenoxy) is 1. The van der Waals surface area contributed by atoms with Gasteiger partial charge in [-0.3, -0.25) is 9.59 Å². The van der Waals surface area contributed by atoms with Crippen molar-refractivity contribution >= 4 is 40.7 Å². The third kappa shape index (κ3) is 5.93. The van der Waals surface area contributed by atoms with Crippen molar-refractivity contribution in [1.29, 1.82) is 0 Å². The molecule has 0 fully saturated rings. The topological polar surface area (TPSA) is 58.6 Å². The highest BCUT2D eigenvalue weighted by molar-refractivity contribution is 6.31. The quantitative estimate of drug-likeness (QED) is 0.775. The van der Waals surface area contributed by atoms with Crippen LogP contribution < -0.4 is 15.0 Å². The Morgan fingerprint density at radius 1 is 1.08 bits per heavy atom. The summed E-state index contributed by atoms with van der Waals surface area (Å²) in [5.41, 5.74) is 1.67. The lowest BCUT2D eigenvalue weighted by molar-refractivity contribution is -0.123. The highest BCUT2D eigenvalue weighted by atomic mass is 35.5. The fourth-order valence-corrected chi connectivity index (χ4v) is 2.76. The van der Waals surface area contributed by atoms with E-state index in [9.17, 15) is 9.59 Å². The maximum absolute atomic E-state index is 11.9. The molecule has 0 aliphatic carbocycles. The number of benzene rings is 2. The van der Waals surface area contributed by atoms with Gasteiger partial charge in [-0.25, -0.2) is 0 Å². The van der Waals surface area contributed by atoms with Crippen LogP contribution in [0.5, 0.6) is 5.75 Å². The van der Waals surface area contributed by atoms with Crippen molar-refractivity contribution in [2.24, 2.45) is 0 Å². The SMILES string of the molecule is CC(=O)N(CCNC(=O)COc1ccc(Cl)cc1)c1ccc(Cl)cc1C. The van der Waals surface area contributed by atoms with Gasteiger partial charge in [-0.1, -0.05) is 23.2 Å². The molecule has 26 heavy (non-hydrogen) atoms. The molecule has 0 saturated heterocycles. The Balaban J connectivity index is 1.84. The van der Waals surface area contributed by atoms with Crippen LogP contribution in [0.1, 0.15) is 12.5 Å². The van der Waals surface area contributed by atoms with Gasteiger partial charge in [0.05, 0.1) is 0 Å². The number of anilines is 1. The van der Waals surface area contributed by atoms with Gasteiger partial charge in [0.1, 0.15) is 5.75 Å². The van der Waals surface area contributed by atoms with E-state index < -0.39 is 0 Å². The molecular formula is C19H20Cl2N2O3. The van der Waals surface area contributed by atoms with Crippen LogP contribution in [0.2, 0.25) is 10.0 Å². The maximum atomic E-state index is 11.9. The summed E-state index contributed by atoms with van der Waals surface area (Å²) in [6, 6.07) is 12.1. The number of nitrogens with zero attached hydrogens (tertiary/aromatic N) is 1. The summed E-state index contributed by atoms with van der Waals surface area (Å²) in [4.78, 5) is 25.4. The van der Waals surface area contributed by atoms with Gasteiger partial charge < -0.3 is 15.0 Å². The summed E-state index contributed by atoms with van der Waals surface area (Å²) < 4.78 is 5.38. The Morgan fingerprint density at radius 3 is 2.35 bits per heavy atom. The minimum Gasteiger partial charge on any atom is -0.484 e. The first-order chi connectivity index (χ1) is 12.4. The van der Waals surface area contributed by atoms with Gasteiger partial charge >= 0.3 is 0 Å². The van der Waals surface area contributed by atoms with Crippen LogP contribution in [0.3, 0.4) is 0 Å². The summed E-state index contributed by atoms with van der Waals surface area (Å²) in [5.74, 6) is 0.185. The monoisotopic (exact) mass is 394 g/mol. The number of carbonyl (C=O) groups is 2. The minimum absolute atomic E-state index is 0.109. The predicted molar refractivity (Wildman–Crippen MR) is 104 cm³/mol.